The second-order valence-corrected chi connectivity index (χ2v) is 13.7. The van der Waals surface area contributed by atoms with E-state index in [9.17, 15) is 19.5 Å². The number of nitrogens with zero attached hydrogens (tertiary/aromatic N) is 2. The smallest absolute Gasteiger partial charge is 0.316 e. The van der Waals surface area contributed by atoms with Crippen LogP contribution in [0.1, 0.15) is 68.0 Å². The van der Waals surface area contributed by atoms with Gasteiger partial charge in [-0.05, 0) is 53.0 Å². The van der Waals surface area contributed by atoms with Crippen molar-refractivity contribution in [2.75, 3.05) is 6.61 Å². The van der Waals surface area contributed by atoms with Crippen LogP contribution in [-0.4, -0.2) is 39.5 Å². The van der Waals surface area contributed by atoms with Crippen molar-refractivity contribution in [3.8, 4) is 0 Å². The Kier molecular flexibility index (Phi) is 10.0. The molecule has 3 heterocycles. The molecule has 0 radical (unpaired) electrons. The molecule has 2 N–H and O–H groups in total. The van der Waals surface area contributed by atoms with Gasteiger partial charge in [-0.1, -0.05) is 118 Å². The second kappa shape index (κ2) is 15.0. The van der Waals surface area contributed by atoms with Crippen LogP contribution in [-0.2, 0) is 24.7 Å². The number of carbonyl (C=O) groups excluding carboxylic acids is 3. The van der Waals surface area contributed by atoms with E-state index in [-0.39, 0.29) is 24.1 Å². The number of imide groups is 1. The molecule has 6 atom stereocenters. The molecule has 2 aromatic heterocycles. The molecule has 4 aromatic rings. The second-order valence-electron chi connectivity index (χ2n) is 13.7. The quantitative estimate of drug-likeness (QED) is 0.0650. The number of esters is 1. The van der Waals surface area contributed by atoms with Gasteiger partial charge in [0.1, 0.15) is 11.5 Å². The van der Waals surface area contributed by atoms with Gasteiger partial charge >= 0.3 is 5.97 Å². The van der Waals surface area contributed by atoms with Gasteiger partial charge in [-0.15, -0.1) is 0 Å². The predicted molar refractivity (Wildman–Crippen MR) is 193 cm³/mol. The van der Waals surface area contributed by atoms with E-state index in [2.05, 4.69) is 17.2 Å². The molecule has 1 aliphatic heterocycles. The van der Waals surface area contributed by atoms with Crippen LogP contribution in [0.2, 0.25) is 0 Å². The molecule has 6 unspecified atom stereocenters. The highest BCUT2D eigenvalue weighted by molar-refractivity contribution is 6.08. The Morgan fingerprint density at radius 3 is 2.14 bits per heavy atom. The van der Waals surface area contributed by atoms with Crippen molar-refractivity contribution in [1.82, 2.24) is 15.3 Å². The number of allylic oxidation sites excluding steroid dienone is 2. The lowest BCUT2D eigenvalue weighted by molar-refractivity contribution is -0.155. The van der Waals surface area contributed by atoms with Crippen molar-refractivity contribution < 1.29 is 24.2 Å². The Bertz CT molecular complexity index is 1850. The summed E-state index contributed by atoms with van der Waals surface area (Å²) in [6, 6.07) is 29.8. The molecule has 7 rings (SSSR count). The number of unbranched alkanes of at least 4 members (excludes halogenated alkanes) is 5. The van der Waals surface area contributed by atoms with Crippen LogP contribution in [0.25, 0.3) is 5.57 Å². The van der Waals surface area contributed by atoms with Gasteiger partial charge in [0.15, 0.2) is 0 Å². The number of amides is 2. The summed E-state index contributed by atoms with van der Waals surface area (Å²) >= 11 is 0. The number of benzene rings is 2. The third kappa shape index (κ3) is 6.33. The molecule has 2 bridgehead atoms. The van der Waals surface area contributed by atoms with Crippen molar-refractivity contribution in [3.05, 3.63) is 149 Å². The number of nitrogens with one attached hydrogen (secondary N) is 1. The highest BCUT2D eigenvalue weighted by atomic mass is 16.5. The topological polar surface area (TPSA) is 118 Å². The third-order valence-electron chi connectivity index (χ3n) is 10.7. The average Bonchev–Trinajstić information content (AvgIpc) is 3.80. The SMILES string of the molecule is CCCCCCCCOC(=O)C(C1=CC2C(=C(c3ccccc3)c3ccccn3)C1C1C(=O)NC(=O)C21)C(O)(c1ccccc1)c1ccccn1. The van der Waals surface area contributed by atoms with Crippen molar-refractivity contribution in [2.24, 2.45) is 29.6 Å². The number of pyridine rings is 2. The van der Waals surface area contributed by atoms with E-state index >= 15 is 0 Å². The van der Waals surface area contributed by atoms with Crippen LogP contribution in [0, 0.1) is 29.6 Å². The number of aliphatic hydroxyl groups is 1. The summed E-state index contributed by atoms with van der Waals surface area (Å²) in [6.45, 7) is 2.38. The summed E-state index contributed by atoms with van der Waals surface area (Å²) in [5, 5.41) is 15.8. The molecule has 2 aliphatic carbocycles. The van der Waals surface area contributed by atoms with Crippen LogP contribution in [0.5, 0.6) is 0 Å². The molecule has 2 aromatic carbocycles. The maximum absolute atomic E-state index is 14.7. The van der Waals surface area contributed by atoms with Gasteiger partial charge in [-0.3, -0.25) is 29.7 Å². The molecule has 3 aliphatic rings. The van der Waals surface area contributed by atoms with Gasteiger partial charge in [0.25, 0.3) is 0 Å². The van der Waals surface area contributed by atoms with Gasteiger partial charge in [-0.25, -0.2) is 0 Å². The number of rotatable bonds is 14. The summed E-state index contributed by atoms with van der Waals surface area (Å²) in [7, 11) is 0. The molecule has 8 heteroatoms. The van der Waals surface area contributed by atoms with E-state index in [4.69, 9.17) is 9.72 Å². The van der Waals surface area contributed by atoms with E-state index in [0.717, 1.165) is 42.4 Å². The largest absolute Gasteiger partial charge is 0.465 e. The third-order valence-corrected chi connectivity index (χ3v) is 10.7. The zero-order valence-electron chi connectivity index (χ0n) is 28.8. The standard InChI is InChI=1S/C43H43N3O5/c1-2-3-4-5-6-17-26-51-42(49)39(43(50,29-20-11-8-12-21-29)33-23-14-16-25-45-33)31-27-30-35(36(31)38-37(30)40(47)46-41(38)48)34(28-18-9-7-10-19-28)32-22-13-15-24-44-32/h7-16,18-25,27,30,36-39,50H,2-6,17,26H2,1H3,(H,46,47,48). The van der Waals surface area contributed by atoms with Crippen LogP contribution >= 0.6 is 0 Å². The summed E-state index contributed by atoms with van der Waals surface area (Å²) in [5.74, 6) is -5.20. The minimum atomic E-state index is -1.96. The summed E-state index contributed by atoms with van der Waals surface area (Å²) in [5.41, 5.74) is 2.57. The van der Waals surface area contributed by atoms with Crippen LogP contribution in [0.3, 0.4) is 0 Å². The van der Waals surface area contributed by atoms with E-state index < -0.39 is 41.2 Å². The van der Waals surface area contributed by atoms with Gasteiger partial charge < -0.3 is 9.84 Å². The summed E-state index contributed by atoms with van der Waals surface area (Å²) < 4.78 is 6.08. The van der Waals surface area contributed by atoms with E-state index in [0.29, 0.717) is 23.3 Å². The zero-order chi connectivity index (χ0) is 35.4. The fraction of sp³-hybridized carbons (Fsp3) is 0.326. The van der Waals surface area contributed by atoms with Gasteiger partial charge in [0.2, 0.25) is 11.8 Å². The first-order valence-corrected chi connectivity index (χ1v) is 18.1. The number of hydrogen-bond acceptors (Lipinski definition) is 7. The van der Waals surface area contributed by atoms with Gasteiger partial charge in [0.05, 0.1) is 29.8 Å². The van der Waals surface area contributed by atoms with E-state index in [1.165, 1.54) is 6.42 Å². The molecule has 2 fully saturated rings. The van der Waals surface area contributed by atoms with Crippen LogP contribution < -0.4 is 5.32 Å². The zero-order valence-corrected chi connectivity index (χ0v) is 28.8. The monoisotopic (exact) mass is 681 g/mol. The normalized spacial score (nSPS) is 23.2. The molecule has 1 saturated carbocycles. The summed E-state index contributed by atoms with van der Waals surface area (Å²) in [6.07, 6.45) is 11.4. The molecular weight excluding hydrogens is 638 g/mol. The fourth-order valence-electron chi connectivity index (χ4n) is 8.45. The Hall–Kier alpha value is -5.21. The summed E-state index contributed by atoms with van der Waals surface area (Å²) in [4.78, 5) is 51.3. The minimum absolute atomic E-state index is 0.201. The number of carbonyl (C=O) groups is 3. The fourth-order valence-corrected chi connectivity index (χ4v) is 8.45. The number of hydrogen-bond donors (Lipinski definition) is 2. The van der Waals surface area contributed by atoms with Crippen LogP contribution in [0.4, 0.5) is 0 Å². The van der Waals surface area contributed by atoms with E-state index in [1.807, 2.05) is 72.8 Å². The van der Waals surface area contributed by atoms with E-state index in [1.54, 1.807) is 42.7 Å². The minimum Gasteiger partial charge on any atom is -0.465 e. The Morgan fingerprint density at radius 1 is 0.804 bits per heavy atom. The molecule has 2 amide bonds. The van der Waals surface area contributed by atoms with Gasteiger partial charge in [0, 0.05) is 29.8 Å². The highest BCUT2D eigenvalue weighted by Gasteiger charge is 2.65. The molecule has 1 saturated heterocycles. The average molecular weight is 682 g/mol. The van der Waals surface area contributed by atoms with Crippen molar-refractivity contribution in [1.29, 1.82) is 0 Å². The molecular formula is C43H43N3O5. The molecule has 0 spiro atoms. The maximum atomic E-state index is 14.7. The maximum Gasteiger partial charge on any atom is 0.316 e. The lowest BCUT2D eigenvalue weighted by Gasteiger charge is -2.38. The first kappa shape index (κ1) is 34.2. The molecule has 51 heavy (non-hydrogen) atoms. The molecule has 8 nitrogen and oxygen atoms in total. The highest BCUT2D eigenvalue weighted by Crippen LogP contribution is 2.62. The predicted octanol–water partition coefficient (Wildman–Crippen LogP) is 6.81. The first-order valence-electron chi connectivity index (χ1n) is 18.1. The number of aromatic nitrogens is 2. The Labute approximate surface area is 298 Å². The van der Waals surface area contributed by atoms with Crippen molar-refractivity contribution in [3.63, 3.8) is 0 Å². The lowest BCUT2D eigenvalue weighted by Crippen LogP contribution is -2.46. The van der Waals surface area contributed by atoms with Crippen molar-refractivity contribution >= 4 is 23.4 Å². The van der Waals surface area contributed by atoms with Crippen molar-refractivity contribution in [2.45, 2.75) is 51.0 Å². The Balaban J connectivity index is 1.40. The number of fused-ring (bicyclic) bond motifs is 5. The first-order chi connectivity index (χ1) is 24.9. The van der Waals surface area contributed by atoms with Crippen LogP contribution in [0.15, 0.2) is 127 Å². The lowest BCUT2D eigenvalue weighted by atomic mass is 9.68. The van der Waals surface area contributed by atoms with Gasteiger partial charge in [-0.2, -0.15) is 0 Å². The molecule has 260 valence electrons. The Morgan fingerprint density at radius 2 is 1.45 bits per heavy atom. The number of ether oxygens (including phenoxy) is 1.